The molecular weight excluding hydrogens is 486 g/mol. The monoisotopic (exact) mass is 514 g/mol. The van der Waals surface area contributed by atoms with Crippen molar-refractivity contribution < 1.29 is 37.6 Å². The number of ether oxygens (including phenoxy) is 3. The quantitative estimate of drug-likeness (QED) is 0.421. The molecule has 3 rings (SSSR count). The summed E-state index contributed by atoms with van der Waals surface area (Å²) in [6.07, 6.45) is 0. The highest BCUT2D eigenvalue weighted by Gasteiger charge is 2.23. The third-order valence-corrected chi connectivity index (χ3v) is 6.58. The summed E-state index contributed by atoms with van der Waals surface area (Å²) < 4.78 is 45.7. The average molecular weight is 515 g/mol. The van der Waals surface area contributed by atoms with E-state index in [9.17, 15) is 23.4 Å². The number of aromatic carboxylic acids is 1. The zero-order valence-electron chi connectivity index (χ0n) is 20.4. The predicted molar refractivity (Wildman–Crippen MR) is 132 cm³/mol. The normalized spacial score (nSPS) is 11.6. The summed E-state index contributed by atoms with van der Waals surface area (Å²) in [6.45, 7) is 5.46. The molecule has 192 valence electrons. The van der Waals surface area contributed by atoms with Crippen LogP contribution in [0.2, 0.25) is 0 Å². The maximum absolute atomic E-state index is 13.3. The first-order valence-electron chi connectivity index (χ1n) is 11.0. The fourth-order valence-corrected chi connectivity index (χ4v) is 4.37. The number of nitrogens with one attached hydrogen (secondary N) is 1. The molecule has 0 radical (unpaired) electrons. The molecule has 0 unspecified atom stereocenters. The number of carboxylic acid groups (broad SMARTS) is 1. The molecule has 2 N–H and O–H groups in total. The van der Waals surface area contributed by atoms with Gasteiger partial charge >= 0.3 is 0 Å². The number of carboxylic acids is 1. The van der Waals surface area contributed by atoms with Gasteiger partial charge in [-0.15, -0.1) is 0 Å². The third kappa shape index (κ3) is 6.27. The molecular formula is C26H28NO8S-. The number of rotatable bonds is 10. The van der Waals surface area contributed by atoms with E-state index in [2.05, 4.69) is 4.72 Å². The number of carbonyl (C=O) groups is 1. The lowest BCUT2D eigenvalue weighted by atomic mass is 9.87. The lowest BCUT2D eigenvalue weighted by Gasteiger charge is -2.21. The minimum Gasteiger partial charge on any atom is -0.545 e. The summed E-state index contributed by atoms with van der Waals surface area (Å²) in [6, 6.07) is 15.2. The molecule has 3 aromatic carbocycles. The van der Waals surface area contributed by atoms with E-state index in [-0.39, 0.29) is 52.0 Å². The zero-order chi connectivity index (χ0) is 26.5. The Kier molecular flexibility index (Phi) is 8.11. The molecule has 36 heavy (non-hydrogen) atoms. The molecule has 3 aromatic rings. The van der Waals surface area contributed by atoms with Gasteiger partial charge in [-0.1, -0.05) is 45.0 Å². The van der Waals surface area contributed by atoms with E-state index in [4.69, 9.17) is 14.2 Å². The molecule has 0 bridgehead atoms. The summed E-state index contributed by atoms with van der Waals surface area (Å²) in [7, 11) is -2.73. The van der Waals surface area contributed by atoms with E-state index >= 15 is 0 Å². The highest BCUT2D eigenvalue weighted by molar-refractivity contribution is 7.92. The van der Waals surface area contributed by atoms with E-state index in [1.54, 1.807) is 36.4 Å². The van der Waals surface area contributed by atoms with Crippen molar-refractivity contribution in [1.29, 1.82) is 0 Å². The molecule has 0 aliphatic heterocycles. The van der Waals surface area contributed by atoms with E-state index in [1.807, 2.05) is 20.8 Å². The number of para-hydroxylation sites is 2. The molecule has 0 aromatic heterocycles. The molecule has 0 saturated heterocycles. The Morgan fingerprint density at radius 3 is 2.19 bits per heavy atom. The number of sulfonamides is 1. The Hall–Kier alpha value is -3.76. The molecule has 0 fully saturated rings. The van der Waals surface area contributed by atoms with Crippen LogP contribution in [-0.2, 0) is 15.4 Å². The molecule has 0 heterocycles. The second kappa shape index (κ2) is 10.9. The van der Waals surface area contributed by atoms with Gasteiger partial charge in [0.15, 0.2) is 23.0 Å². The first-order chi connectivity index (χ1) is 17.0. The van der Waals surface area contributed by atoms with Gasteiger partial charge in [0.1, 0.15) is 6.61 Å². The molecule has 0 aliphatic rings. The van der Waals surface area contributed by atoms with Crippen LogP contribution in [0, 0.1) is 0 Å². The van der Waals surface area contributed by atoms with Crippen LogP contribution >= 0.6 is 0 Å². The van der Waals surface area contributed by atoms with E-state index < -0.39 is 16.0 Å². The van der Waals surface area contributed by atoms with Gasteiger partial charge in [0.2, 0.25) is 0 Å². The van der Waals surface area contributed by atoms with Gasteiger partial charge in [-0.05, 0) is 47.4 Å². The number of benzene rings is 3. The number of hydrogen-bond acceptors (Lipinski definition) is 8. The second-order valence-corrected chi connectivity index (χ2v) is 10.5. The second-order valence-electron chi connectivity index (χ2n) is 8.84. The van der Waals surface area contributed by atoms with Crippen molar-refractivity contribution in [1.82, 2.24) is 0 Å². The van der Waals surface area contributed by atoms with Crippen molar-refractivity contribution in [2.24, 2.45) is 0 Å². The van der Waals surface area contributed by atoms with Crippen LogP contribution in [0.5, 0.6) is 23.0 Å². The Balaban J connectivity index is 2.12. The van der Waals surface area contributed by atoms with Crippen LogP contribution in [0.15, 0.2) is 65.6 Å². The minimum atomic E-state index is -4.17. The first kappa shape index (κ1) is 26.8. The van der Waals surface area contributed by atoms with Crippen molar-refractivity contribution in [2.45, 2.75) is 31.1 Å². The van der Waals surface area contributed by atoms with Gasteiger partial charge in [-0.25, -0.2) is 8.42 Å². The fourth-order valence-electron chi connectivity index (χ4n) is 3.31. The van der Waals surface area contributed by atoms with Gasteiger partial charge in [0, 0.05) is 5.56 Å². The SMILES string of the molecule is COc1ccccc1Oc1c(NS(=O)(=O)c2ccc(C(C)(C)C)cc2)cc(C(=O)[O-])cc1OCCO. The Bertz CT molecular complexity index is 1330. The summed E-state index contributed by atoms with van der Waals surface area (Å²) in [5, 5.41) is 20.9. The summed E-state index contributed by atoms with van der Waals surface area (Å²) in [4.78, 5) is 11.6. The van der Waals surface area contributed by atoms with Crippen LogP contribution in [0.4, 0.5) is 5.69 Å². The van der Waals surface area contributed by atoms with Gasteiger partial charge in [-0.2, -0.15) is 0 Å². The number of hydrogen-bond donors (Lipinski definition) is 2. The molecule has 0 saturated carbocycles. The lowest BCUT2D eigenvalue weighted by Crippen LogP contribution is -2.23. The number of anilines is 1. The van der Waals surface area contributed by atoms with Crippen LogP contribution in [0.3, 0.4) is 0 Å². The highest BCUT2D eigenvalue weighted by Crippen LogP contribution is 2.43. The van der Waals surface area contributed by atoms with E-state index in [1.165, 1.54) is 19.2 Å². The number of carbonyl (C=O) groups excluding carboxylic acids is 1. The fraction of sp³-hybridized carbons (Fsp3) is 0.269. The Morgan fingerprint density at radius 2 is 1.64 bits per heavy atom. The van der Waals surface area contributed by atoms with E-state index in [0.29, 0.717) is 5.75 Å². The molecule has 0 aliphatic carbocycles. The minimum absolute atomic E-state index is 0.0320. The van der Waals surface area contributed by atoms with Crippen LogP contribution < -0.4 is 24.0 Å². The maximum atomic E-state index is 13.3. The van der Waals surface area contributed by atoms with Gasteiger partial charge in [0.05, 0.1) is 30.3 Å². The van der Waals surface area contributed by atoms with Gasteiger partial charge in [0.25, 0.3) is 10.0 Å². The third-order valence-electron chi connectivity index (χ3n) is 5.20. The van der Waals surface area contributed by atoms with Crippen molar-refractivity contribution >= 4 is 21.7 Å². The summed E-state index contributed by atoms with van der Waals surface area (Å²) >= 11 is 0. The molecule has 0 spiro atoms. The first-order valence-corrected chi connectivity index (χ1v) is 12.5. The van der Waals surface area contributed by atoms with Crippen molar-refractivity contribution in [2.75, 3.05) is 25.0 Å². The Labute approximate surface area is 210 Å². The molecule has 10 heteroatoms. The average Bonchev–Trinajstić information content (AvgIpc) is 2.83. The van der Waals surface area contributed by atoms with Crippen molar-refractivity contribution in [3.8, 4) is 23.0 Å². The molecule has 0 amide bonds. The predicted octanol–water partition coefficient (Wildman–Crippen LogP) is 3.32. The van der Waals surface area contributed by atoms with Crippen molar-refractivity contribution in [3.05, 3.63) is 71.8 Å². The standard InChI is InChI=1S/C26H29NO8S/c1-26(2,3)18-9-11-19(12-10-18)36(31,32)27-20-15-17(25(29)30)16-23(34-14-13-28)24(20)35-22-8-6-5-7-21(22)33-4/h5-12,15-16,27-28H,13-14H2,1-4H3,(H,29,30)/p-1. The van der Waals surface area contributed by atoms with Gasteiger partial charge < -0.3 is 29.2 Å². The largest absolute Gasteiger partial charge is 0.545 e. The number of aliphatic hydroxyl groups excluding tert-OH is 1. The van der Waals surface area contributed by atoms with Crippen molar-refractivity contribution in [3.63, 3.8) is 0 Å². The maximum Gasteiger partial charge on any atom is 0.262 e. The summed E-state index contributed by atoms with van der Waals surface area (Å²) in [5.41, 5.74) is 0.222. The Morgan fingerprint density at radius 1 is 1.00 bits per heavy atom. The number of aliphatic hydroxyl groups is 1. The lowest BCUT2D eigenvalue weighted by molar-refractivity contribution is -0.255. The van der Waals surface area contributed by atoms with Crippen LogP contribution in [0.1, 0.15) is 36.7 Å². The van der Waals surface area contributed by atoms with Crippen LogP contribution in [-0.4, -0.2) is 39.8 Å². The molecule has 0 atom stereocenters. The zero-order valence-corrected chi connectivity index (χ0v) is 21.2. The topological polar surface area (TPSA) is 134 Å². The van der Waals surface area contributed by atoms with Gasteiger partial charge in [-0.3, -0.25) is 4.72 Å². The smallest absolute Gasteiger partial charge is 0.262 e. The van der Waals surface area contributed by atoms with E-state index in [0.717, 1.165) is 17.7 Å². The number of methoxy groups -OCH3 is 1. The molecule has 9 nitrogen and oxygen atoms in total. The van der Waals surface area contributed by atoms with Crippen LogP contribution in [0.25, 0.3) is 0 Å². The summed E-state index contributed by atoms with van der Waals surface area (Å²) in [5.74, 6) is -1.21. The highest BCUT2D eigenvalue weighted by atomic mass is 32.2.